The van der Waals surface area contributed by atoms with Gasteiger partial charge in [-0.2, -0.15) is 0 Å². The van der Waals surface area contributed by atoms with Crippen molar-refractivity contribution in [2.45, 2.75) is 33.2 Å². The Bertz CT molecular complexity index is 906. The van der Waals surface area contributed by atoms with E-state index in [9.17, 15) is 9.59 Å². The lowest BCUT2D eigenvalue weighted by Crippen LogP contribution is -2.43. The van der Waals surface area contributed by atoms with Crippen molar-refractivity contribution in [2.24, 2.45) is 11.7 Å². The quantitative estimate of drug-likeness (QED) is 0.471. The molecule has 0 aliphatic rings. The molecule has 0 aliphatic heterocycles. The smallest absolute Gasteiger partial charge is 0.257 e. The number of halogens is 1. The second-order valence-corrected chi connectivity index (χ2v) is 8.80. The average molecular weight is 506 g/mol. The van der Waals surface area contributed by atoms with Gasteiger partial charge in [0, 0.05) is 25.1 Å². The van der Waals surface area contributed by atoms with E-state index in [4.69, 9.17) is 22.7 Å². The first-order chi connectivity index (χ1) is 14.8. The summed E-state index contributed by atoms with van der Waals surface area (Å²) in [7, 11) is 0. The van der Waals surface area contributed by atoms with E-state index in [-0.39, 0.29) is 17.4 Å². The minimum atomic E-state index is -0.427. The second kappa shape index (κ2) is 12.4. The SMILES string of the molecule is CC(C)CCOc1ccc(C(=O)NC(=S)N(CCC(N)=O)Cc2ccccc2)cc1Br. The van der Waals surface area contributed by atoms with Crippen molar-refractivity contribution in [1.29, 1.82) is 0 Å². The third-order valence-corrected chi connectivity index (χ3v) is 5.48. The Morgan fingerprint density at radius 3 is 2.52 bits per heavy atom. The van der Waals surface area contributed by atoms with Gasteiger partial charge in [0.2, 0.25) is 5.91 Å². The molecule has 31 heavy (non-hydrogen) atoms. The lowest BCUT2D eigenvalue weighted by Gasteiger charge is -2.25. The Morgan fingerprint density at radius 1 is 1.19 bits per heavy atom. The number of amides is 2. The number of carbonyl (C=O) groups excluding carboxylic acids is 2. The Labute approximate surface area is 197 Å². The first-order valence-electron chi connectivity index (χ1n) is 10.1. The van der Waals surface area contributed by atoms with E-state index in [1.54, 1.807) is 23.1 Å². The van der Waals surface area contributed by atoms with E-state index >= 15 is 0 Å². The number of hydrogen-bond acceptors (Lipinski definition) is 4. The molecule has 0 saturated heterocycles. The number of carbonyl (C=O) groups is 2. The molecule has 2 amide bonds. The van der Waals surface area contributed by atoms with Crippen LogP contribution in [0.1, 0.15) is 42.6 Å². The number of thiocarbonyl (C=S) groups is 1. The zero-order valence-corrected chi connectivity index (χ0v) is 20.2. The number of primary amides is 1. The van der Waals surface area contributed by atoms with Gasteiger partial charge in [-0.1, -0.05) is 44.2 Å². The molecule has 2 aromatic rings. The molecule has 0 aliphatic carbocycles. The first kappa shape index (κ1) is 24.8. The van der Waals surface area contributed by atoms with Gasteiger partial charge in [-0.05, 0) is 64.2 Å². The average Bonchev–Trinajstić information content (AvgIpc) is 2.72. The molecule has 0 heterocycles. The van der Waals surface area contributed by atoms with Crippen LogP contribution in [0, 0.1) is 5.92 Å². The summed E-state index contributed by atoms with van der Waals surface area (Å²) in [6.45, 7) is 5.66. The van der Waals surface area contributed by atoms with Crippen molar-refractivity contribution in [3.05, 3.63) is 64.1 Å². The lowest BCUT2D eigenvalue weighted by atomic mass is 10.1. The van der Waals surface area contributed by atoms with Gasteiger partial charge in [-0.3, -0.25) is 14.9 Å². The molecule has 2 rings (SSSR count). The molecule has 0 fully saturated rings. The van der Waals surface area contributed by atoms with Crippen LogP contribution in [0.4, 0.5) is 0 Å². The number of nitrogens with one attached hydrogen (secondary N) is 1. The summed E-state index contributed by atoms with van der Waals surface area (Å²) in [5, 5.41) is 2.99. The summed E-state index contributed by atoms with van der Waals surface area (Å²) < 4.78 is 6.46. The monoisotopic (exact) mass is 505 g/mol. The van der Waals surface area contributed by atoms with Crippen LogP contribution in [0.5, 0.6) is 5.75 Å². The van der Waals surface area contributed by atoms with Crippen LogP contribution in [0.15, 0.2) is 53.0 Å². The molecule has 8 heteroatoms. The minimum Gasteiger partial charge on any atom is -0.492 e. The van der Waals surface area contributed by atoms with Gasteiger partial charge >= 0.3 is 0 Å². The molecular weight excluding hydrogens is 478 g/mol. The van der Waals surface area contributed by atoms with Crippen molar-refractivity contribution >= 4 is 45.1 Å². The van der Waals surface area contributed by atoms with Crippen LogP contribution in [-0.4, -0.2) is 35.0 Å². The van der Waals surface area contributed by atoms with E-state index in [1.165, 1.54) is 0 Å². The minimum absolute atomic E-state index is 0.136. The number of ether oxygens (including phenoxy) is 1. The number of nitrogens with two attached hydrogens (primary N) is 1. The van der Waals surface area contributed by atoms with Crippen LogP contribution in [0.2, 0.25) is 0 Å². The van der Waals surface area contributed by atoms with E-state index in [1.807, 2.05) is 30.3 Å². The molecule has 3 N–H and O–H groups in total. The lowest BCUT2D eigenvalue weighted by molar-refractivity contribution is -0.118. The molecule has 0 bridgehead atoms. The summed E-state index contributed by atoms with van der Waals surface area (Å²) in [4.78, 5) is 25.7. The molecule has 0 radical (unpaired) electrons. The molecule has 166 valence electrons. The number of nitrogens with zero attached hydrogens (tertiary/aromatic N) is 1. The van der Waals surface area contributed by atoms with Gasteiger partial charge in [0.25, 0.3) is 5.91 Å². The van der Waals surface area contributed by atoms with Gasteiger partial charge in [-0.15, -0.1) is 0 Å². The summed E-state index contributed by atoms with van der Waals surface area (Å²) >= 11 is 8.91. The van der Waals surface area contributed by atoms with Crippen molar-refractivity contribution < 1.29 is 14.3 Å². The highest BCUT2D eigenvalue weighted by molar-refractivity contribution is 9.10. The zero-order chi connectivity index (χ0) is 22.8. The fourth-order valence-corrected chi connectivity index (χ4v) is 3.46. The molecule has 0 aromatic heterocycles. The van der Waals surface area contributed by atoms with Crippen molar-refractivity contribution in [3.63, 3.8) is 0 Å². The second-order valence-electron chi connectivity index (χ2n) is 7.56. The van der Waals surface area contributed by atoms with Crippen molar-refractivity contribution in [3.8, 4) is 5.75 Å². The maximum absolute atomic E-state index is 12.7. The highest BCUT2D eigenvalue weighted by Crippen LogP contribution is 2.26. The largest absolute Gasteiger partial charge is 0.492 e. The van der Waals surface area contributed by atoms with E-state index in [0.29, 0.717) is 41.4 Å². The van der Waals surface area contributed by atoms with Crippen LogP contribution < -0.4 is 15.8 Å². The molecule has 6 nitrogen and oxygen atoms in total. The molecule has 0 unspecified atom stereocenters. The highest BCUT2D eigenvalue weighted by atomic mass is 79.9. The van der Waals surface area contributed by atoms with Gasteiger partial charge < -0.3 is 15.4 Å². The number of rotatable bonds is 10. The van der Waals surface area contributed by atoms with Gasteiger partial charge in [0.05, 0.1) is 11.1 Å². The molecule has 0 saturated carbocycles. The first-order valence-corrected chi connectivity index (χ1v) is 11.3. The zero-order valence-electron chi connectivity index (χ0n) is 17.8. The Kier molecular flexibility index (Phi) is 9.94. The van der Waals surface area contributed by atoms with Gasteiger partial charge in [0.1, 0.15) is 5.75 Å². The Balaban J connectivity index is 2.03. The van der Waals surface area contributed by atoms with Crippen molar-refractivity contribution in [1.82, 2.24) is 10.2 Å². The van der Waals surface area contributed by atoms with Crippen LogP contribution in [-0.2, 0) is 11.3 Å². The normalized spacial score (nSPS) is 10.6. The molecule has 0 atom stereocenters. The highest BCUT2D eigenvalue weighted by Gasteiger charge is 2.16. The van der Waals surface area contributed by atoms with Crippen LogP contribution in [0.25, 0.3) is 0 Å². The Morgan fingerprint density at radius 2 is 1.90 bits per heavy atom. The third kappa shape index (κ3) is 8.67. The van der Waals surface area contributed by atoms with Crippen molar-refractivity contribution in [2.75, 3.05) is 13.2 Å². The Hall–Kier alpha value is -2.45. The molecule has 0 spiro atoms. The van der Waals surface area contributed by atoms with Gasteiger partial charge in [0.15, 0.2) is 5.11 Å². The van der Waals surface area contributed by atoms with E-state index in [0.717, 1.165) is 12.0 Å². The topological polar surface area (TPSA) is 84.7 Å². The summed E-state index contributed by atoms with van der Waals surface area (Å²) in [6.07, 6.45) is 1.09. The van der Waals surface area contributed by atoms with Gasteiger partial charge in [-0.25, -0.2) is 0 Å². The number of hydrogen-bond donors (Lipinski definition) is 2. The predicted octanol–water partition coefficient (Wildman–Crippen LogP) is 4.27. The van der Waals surface area contributed by atoms with Crippen LogP contribution in [0.3, 0.4) is 0 Å². The summed E-state index contributed by atoms with van der Waals surface area (Å²) in [5.74, 6) is 0.478. The maximum Gasteiger partial charge on any atom is 0.257 e. The summed E-state index contributed by atoms with van der Waals surface area (Å²) in [6, 6.07) is 14.8. The number of benzene rings is 2. The molecule has 2 aromatic carbocycles. The standard InChI is InChI=1S/C23H28BrN3O3S/c1-16(2)11-13-30-20-9-8-18(14-19(20)24)22(29)26-23(31)27(12-10-21(25)28)15-17-6-4-3-5-7-17/h3-9,14,16H,10-13,15H2,1-2H3,(H2,25,28)(H,26,29,31). The third-order valence-electron chi connectivity index (χ3n) is 4.50. The summed E-state index contributed by atoms with van der Waals surface area (Å²) in [5.41, 5.74) is 6.75. The predicted molar refractivity (Wildman–Crippen MR) is 130 cm³/mol. The van der Waals surface area contributed by atoms with E-state index < -0.39 is 5.91 Å². The van der Waals surface area contributed by atoms with E-state index in [2.05, 4.69) is 35.1 Å². The molecular formula is C23H28BrN3O3S. The van der Waals surface area contributed by atoms with Crippen LogP contribution >= 0.6 is 28.1 Å². The fourth-order valence-electron chi connectivity index (χ4n) is 2.71. The maximum atomic E-state index is 12.7. The fraction of sp³-hybridized carbons (Fsp3) is 0.348.